The van der Waals surface area contributed by atoms with E-state index in [-0.39, 0.29) is 14.8 Å². The predicted octanol–water partition coefficient (Wildman–Crippen LogP) is 1.49. The highest BCUT2D eigenvalue weighted by molar-refractivity contribution is 8.26. The summed E-state index contributed by atoms with van der Waals surface area (Å²) in [6.45, 7) is 0. The number of hydrogen-bond acceptors (Lipinski definition) is 7. The number of thioether (sulfide) groups is 1. The first-order valence-electron chi connectivity index (χ1n) is 4.83. The molecule has 3 N–H and O–H groups in total. The molecule has 98 valence electrons. The van der Waals surface area contributed by atoms with Crippen molar-refractivity contribution in [2.75, 3.05) is 0 Å². The third-order valence-corrected chi connectivity index (χ3v) is 3.39. The van der Waals surface area contributed by atoms with Crippen LogP contribution in [-0.2, 0) is 4.79 Å². The predicted molar refractivity (Wildman–Crippen MR) is 72.7 cm³/mol. The van der Waals surface area contributed by atoms with E-state index >= 15 is 0 Å². The number of carbonyl (C=O) groups excluding carboxylic acids is 1. The van der Waals surface area contributed by atoms with Gasteiger partial charge in [-0.2, -0.15) is 0 Å². The van der Waals surface area contributed by atoms with Gasteiger partial charge in [0, 0.05) is 6.07 Å². The van der Waals surface area contributed by atoms with E-state index in [9.17, 15) is 25.1 Å². The highest BCUT2D eigenvalue weighted by Gasteiger charge is 2.23. The van der Waals surface area contributed by atoms with Gasteiger partial charge in [-0.1, -0.05) is 24.0 Å². The largest absolute Gasteiger partial charge is 0.504 e. The minimum absolute atomic E-state index is 0.212. The Balaban J connectivity index is 2.47. The van der Waals surface area contributed by atoms with E-state index in [1.807, 2.05) is 0 Å². The van der Waals surface area contributed by atoms with Crippen molar-refractivity contribution in [2.45, 2.75) is 0 Å². The normalized spacial score (nSPS) is 16.7. The molecule has 2 rings (SSSR count). The second kappa shape index (κ2) is 4.86. The van der Waals surface area contributed by atoms with E-state index in [0.29, 0.717) is 0 Å². The highest BCUT2D eigenvalue weighted by atomic mass is 32.2. The average molecular weight is 298 g/mol. The molecule has 9 heteroatoms. The first kappa shape index (κ1) is 13.3. The van der Waals surface area contributed by atoms with Gasteiger partial charge in [-0.15, -0.1) is 0 Å². The standard InChI is InChI=1S/C10H6N2O5S2/c13-6-2-4(1-5(8(6)14)12(16)17)3-7-9(15)11-10(18)19-7/h1-3,13-14H,(H,11,15,18). The summed E-state index contributed by atoms with van der Waals surface area (Å²) in [6.07, 6.45) is 1.34. The van der Waals surface area contributed by atoms with E-state index < -0.39 is 28.0 Å². The Bertz CT molecular complexity index is 641. The fraction of sp³-hybridized carbons (Fsp3) is 0. The van der Waals surface area contributed by atoms with Gasteiger partial charge in [0.25, 0.3) is 5.91 Å². The van der Waals surface area contributed by atoms with Crippen LogP contribution in [0.25, 0.3) is 6.08 Å². The van der Waals surface area contributed by atoms with E-state index in [2.05, 4.69) is 5.32 Å². The van der Waals surface area contributed by atoms with E-state index in [1.54, 1.807) is 0 Å². The number of nitro benzene ring substituents is 1. The molecule has 1 saturated heterocycles. The molecule has 0 radical (unpaired) electrons. The molecule has 1 amide bonds. The maximum Gasteiger partial charge on any atom is 0.315 e. The van der Waals surface area contributed by atoms with Crippen molar-refractivity contribution in [3.8, 4) is 11.5 Å². The van der Waals surface area contributed by atoms with Gasteiger partial charge in [0.2, 0.25) is 5.75 Å². The molecule has 0 aliphatic carbocycles. The molecule has 1 fully saturated rings. The molecule has 0 unspecified atom stereocenters. The lowest BCUT2D eigenvalue weighted by molar-refractivity contribution is -0.386. The van der Waals surface area contributed by atoms with Gasteiger partial charge in [-0.05, 0) is 17.7 Å². The molecule has 7 nitrogen and oxygen atoms in total. The lowest BCUT2D eigenvalue weighted by Gasteiger charge is -2.01. The third kappa shape index (κ3) is 2.66. The summed E-state index contributed by atoms with van der Waals surface area (Å²) >= 11 is 5.81. The molecule has 1 aromatic carbocycles. The Kier molecular flexibility index (Phi) is 3.40. The monoisotopic (exact) mass is 298 g/mol. The minimum atomic E-state index is -0.830. The molecule has 0 aromatic heterocycles. The Hall–Kier alpha value is -2.13. The van der Waals surface area contributed by atoms with Crippen molar-refractivity contribution in [2.24, 2.45) is 0 Å². The number of aromatic hydroxyl groups is 2. The Morgan fingerprint density at radius 2 is 2.11 bits per heavy atom. The molecule has 19 heavy (non-hydrogen) atoms. The van der Waals surface area contributed by atoms with Gasteiger partial charge in [-0.3, -0.25) is 14.9 Å². The van der Waals surface area contributed by atoms with Crippen LogP contribution >= 0.6 is 24.0 Å². The zero-order valence-corrected chi connectivity index (χ0v) is 10.7. The number of nitrogens with one attached hydrogen (secondary N) is 1. The van der Waals surface area contributed by atoms with E-state index in [4.69, 9.17) is 12.2 Å². The van der Waals surface area contributed by atoms with Crippen LogP contribution in [-0.4, -0.2) is 25.4 Å². The van der Waals surface area contributed by atoms with Crippen LogP contribution in [0.2, 0.25) is 0 Å². The number of thiocarbonyl (C=S) groups is 1. The topological polar surface area (TPSA) is 113 Å². The van der Waals surface area contributed by atoms with Gasteiger partial charge >= 0.3 is 5.69 Å². The number of phenolic OH excluding ortho intramolecular Hbond substituents is 2. The molecule has 1 aromatic rings. The maximum absolute atomic E-state index is 11.4. The number of nitrogens with zero attached hydrogens (tertiary/aromatic N) is 1. The lowest BCUT2D eigenvalue weighted by atomic mass is 10.1. The van der Waals surface area contributed by atoms with Crippen molar-refractivity contribution < 1.29 is 19.9 Å². The van der Waals surface area contributed by atoms with Crippen LogP contribution in [0.3, 0.4) is 0 Å². The van der Waals surface area contributed by atoms with Crippen LogP contribution in [0.4, 0.5) is 5.69 Å². The molecule has 0 bridgehead atoms. The molecule has 1 heterocycles. The third-order valence-electron chi connectivity index (χ3n) is 2.23. The van der Waals surface area contributed by atoms with Crippen molar-refractivity contribution in [3.05, 3.63) is 32.7 Å². The van der Waals surface area contributed by atoms with Crippen LogP contribution in [0.1, 0.15) is 5.56 Å². The summed E-state index contributed by atoms with van der Waals surface area (Å²) in [7, 11) is 0. The molecule has 1 aliphatic heterocycles. The van der Waals surface area contributed by atoms with Crippen LogP contribution in [0.5, 0.6) is 11.5 Å². The molecule has 0 atom stereocenters. The van der Waals surface area contributed by atoms with Crippen LogP contribution in [0.15, 0.2) is 17.0 Å². The quantitative estimate of drug-likeness (QED) is 0.249. The van der Waals surface area contributed by atoms with Gasteiger partial charge in [-0.25, -0.2) is 0 Å². The molecular formula is C10H6N2O5S2. The van der Waals surface area contributed by atoms with Crippen molar-refractivity contribution >= 4 is 46.0 Å². The van der Waals surface area contributed by atoms with E-state index in [1.165, 1.54) is 6.08 Å². The second-order valence-corrected chi connectivity index (χ2v) is 5.24. The summed E-state index contributed by atoms with van der Waals surface area (Å²) in [5.74, 6) is -1.86. The van der Waals surface area contributed by atoms with Crippen molar-refractivity contribution in [3.63, 3.8) is 0 Å². The molecule has 1 aliphatic rings. The summed E-state index contributed by atoms with van der Waals surface area (Å²) < 4.78 is 0.286. The van der Waals surface area contributed by atoms with Crippen molar-refractivity contribution in [1.29, 1.82) is 0 Å². The number of hydrogen-bond donors (Lipinski definition) is 3. The number of carbonyl (C=O) groups is 1. The molecular weight excluding hydrogens is 292 g/mol. The average Bonchev–Trinajstić information content (AvgIpc) is 2.62. The summed E-state index contributed by atoms with van der Waals surface area (Å²) in [5.41, 5.74) is -0.429. The Labute approximate surface area is 116 Å². The number of amides is 1. The minimum Gasteiger partial charge on any atom is -0.504 e. The fourth-order valence-corrected chi connectivity index (χ4v) is 2.46. The maximum atomic E-state index is 11.4. The second-order valence-electron chi connectivity index (χ2n) is 3.52. The number of rotatable bonds is 2. The SMILES string of the molecule is O=C1NC(=S)SC1=Cc1cc(O)c(O)c([N+](=O)[O-])c1. The highest BCUT2D eigenvalue weighted by Crippen LogP contribution is 2.37. The van der Waals surface area contributed by atoms with Gasteiger partial charge in [0.1, 0.15) is 4.32 Å². The number of benzene rings is 1. The smallest absolute Gasteiger partial charge is 0.315 e. The molecule has 0 saturated carbocycles. The van der Waals surface area contributed by atoms with Crippen LogP contribution in [0, 0.1) is 10.1 Å². The van der Waals surface area contributed by atoms with Crippen molar-refractivity contribution in [1.82, 2.24) is 5.32 Å². The zero-order chi connectivity index (χ0) is 14.2. The van der Waals surface area contributed by atoms with Gasteiger partial charge in [0.15, 0.2) is 5.75 Å². The first-order chi connectivity index (χ1) is 8.88. The zero-order valence-electron chi connectivity index (χ0n) is 9.11. The number of phenols is 2. The van der Waals surface area contributed by atoms with Gasteiger partial charge < -0.3 is 15.5 Å². The summed E-state index contributed by atoms with van der Waals surface area (Å²) in [6, 6.07) is 2.17. The fourth-order valence-electron chi connectivity index (χ4n) is 1.42. The summed E-state index contributed by atoms with van der Waals surface area (Å²) in [4.78, 5) is 21.5. The molecule has 0 spiro atoms. The van der Waals surface area contributed by atoms with E-state index in [0.717, 1.165) is 23.9 Å². The Morgan fingerprint density at radius 3 is 2.63 bits per heavy atom. The first-order valence-corrected chi connectivity index (χ1v) is 6.06. The summed E-state index contributed by atoms with van der Waals surface area (Å²) in [5, 5.41) is 31.8. The van der Waals surface area contributed by atoms with Crippen LogP contribution < -0.4 is 5.32 Å². The van der Waals surface area contributed by atoms with Gasteiger partial charge in [0.05, 0.1) is 9.83 Å². The Morgan fingerprint density at radius 1 is 1.42 bits per heavy atom. The number of nitro groups is 1. The lowest BCUT2D eigenvalue weighted by Crippen LogP contribution is -2.17.